The largest absolute Gasteiger partial charge is 0.446 e. The van der Waals surface area contributed by atoms with Crippen LogP contribution in [0.4, 0.5) is 0 Å². The Hall–Kier alpha value is -1.58. The van der Waals surface area contributed by atoms with E-state index in [-0.39, 0.29) is 0 Å². The molecule has 0 aromatic carbocycles. The van der Waals surface area contributed by atoms with Crippen molar-refractivity contribution in [3.8, 4) is 23.9 Å². The maximum absolute atomic E-state index is 5.42. The zero-order chi connectivity index (χ0) is 13.9. The van der Waals surface area contributed by atoms with Gasteiger partial charge in [-0.3, -0.25) is 4.90 Å². The van der Waals surface area contributed by atoms with Crippen molar-refractivity contribution in [3.05, 3.63) is 22.7 Å². The first-order valence-electron chi connectivity index (χ1n) is 6.51. The normalized spacial score (nSPS) is 17.2. The monoisotopic (exact) mass is 335 g/mol. The third-order valence-electron chi connectivity index (χ3n) is 3.49. The predicted molar refractivity (Wildman–Crippen MR) is 76.9 cm³/mol. The van der Waals surface area contributed by atoms with Gasteiger partial charge in [0.15, 0.2) is 10.4 Å². The number of terminal acetylenes is 1. The van der Waals surface area contributed by atoms with E-state index in [1.54, 1.807) is 0 Å². The lowest BCUT2D eigenvalue weighted by atomic mass is 9.97. The molecule has 104 valence electrons. The standard InChI is InChI=1S/C14H14BrN3O2/c1-2-7-18-8-5-10(6-9-18)14-16-13(17-20-14)11-3-4-12(15)19-11/h1,3-4,10H,5-9H2. The molecule has 0 aliphatic carbocycles. The van der Waals surface area contributed by atoms with E-state index in [2.05, 4.69) is 36.9 Å². The molecule has 6 heteroatoms. The molecule has 0 radical (unpaired) electrons. The minimum Gasteiger partial charge on any atom is -0.446 e. The Kier molecular flexibility index (Phi) is 3.90. The maximum Gasteiger partial charge on any atom is 0.238 e. The van der Waals surface area contributed by atoms with E-state index < -0.39 is 0 Å². The van der Waals surface area contributed by atoms with Crippen LogP contribution in [0.15, 0.2) is 25.7 Å². The van der Waals surface area contributed by atoms with Gasteiger partial charge >= 0.3 is 0 Å². The first-order chi connectivity index (χ1) is 9.76. The van der Waals surface area contributed by atoms with E-state index in [1.807, 2.05) is 12.1 Å². The number of nitrogens with zero attached hydrogens (tertiary/aromatic N) is 3. The smallest absolute Gasteiger partial charge is 0.238 e. The van der Waals surface area contributed by atoms with E-state index >= 15 is 0 Å². The lowest BCUT2D eigenvalue weighted by molar-refractivity contribution is 0.212. The van der Waals surface area contributed by atoms with Crippen molar-refractivity contribution < 1.29 is 8.94 Å². The van der Waals surface area contributed by atoms with E-state index in [1.165, 1.54) is 0 Å². The van der Waals surface area contributed by atoms with Crippen LogP contribution in [-0.4, -0.2) is 34.7 Å². The molecule has 2 aromatic heterocycles. The topological polar surface area (TPSA) is 55.3 Å². The van der Waals surface area contributed by atoms with Gasteiger partial charge in [0.25, 0.3) is 0 Å². The van der Waals surface area contributed by atoms with Gasteiger partial charge in [0.2, 0.25) is 11.7 Å². The minimum atomic E-state index is 0.309. The second-order valence-electron chi connectivity index (χ2n) is 4.81. The van der Waals surface area contributed by atoms with Crippen LogP contribution in [0.1, 0.15) is 24.7 Å². The van der Waals surface area contributed by atoms with Gasteiger partial charge < -0.3 is 8.94 Å². The highest BCUT2D eigenvalue weighted by molar-refractivity contribution is 9.10. The molecule has 0 unspecified atom stereocenters. The predicted octanol–water partition coefficient (Wildman–Crippen LogP) is 2.90. The molecule has 0 spiro atoms. The van der Waals surface area contributed by atoms with Crippen LogP contribution in [0.5, 0.6) is 0 Å². The number of rotatable bonds is 3. The summed E-state index contributed by atoms with van der Waals surface area (Å²) >= 11 is 3.26. The van der Waals surface area contributed by atoms with E-state index in [0.29, 0.717) is 34.6 Å². The Balaban J connectivity index is 1.68. The lowest BCUT2D eigenvalue weighted by Crippen LogP contribution is -2.33. The number of furan rings is 1. The van der Waals surface area contributed by atoms with Gasteiger partial charge in [0, 0.05) is 5.92 Å². The zero-order valence-corrected chi connectivity index (χ0v) is 12.5. The van der Waals surface area contributed by atoms with Gasteiger partial charge in [-0.15, -0.1) is 6.42 Å². The van der Waals surface area contributed by atoms with Gasteiger partial charge in [0.1, 0.15) is 0 Å². The molecule has 1 saturated heterocycles. The first-order valence-corrected chi connectivity index (χ1v) is 7.30. The lowest BCUT2D eigenvalue weighted by Gasteiger charge is -2.28. The number of hydrogen-bond donors (Lipinski definition) is 0. The second kappa shape index (κ2) is 5.81. The molecule has 0 amide bonds. The van der Waals surface area contributed by atoms with Gasteiger partial charge in [-0.1, -0.05) is 11.1 Å². The summed E-state index contributed by atoms with van der Waals surface area (Å²) in [6.45, 7) is 2.65. The Bertz CT molecular complexity index is 620. The van der Waals surface area contributed by atoms with Crippen LogP contribution in [0.3, 0.4) is 0 Å². The summed E-state index contributed by atoms with van der Waals surface area (Å²) in [7, 11) is 0. The quantitative estimate of drug-likeness (QED) is 0.807. The first kappa shape index (κ1) is 13.4. The molecule has 1 aliphatic heterocycles. The summed E-state index contributed by atoms with van der Waals surface area (Å²) in [5.41, 5.74) is 0. The number of hydrogen-bond acceptors (Lipinski definition) is 5. The third-order valence-corrected chi connectivity index (χ3v) is 3.91. The Morgan fingerprint density at radius 2 is 2.20 bits per heavy atom. The summed E-state index contributed by atoms with van der Waals surface area (Å²) in [6.07, 6.45) is 7.31. The molecular formula is C14H14BrN3O2. The summed E-state index contributed by atoms with van der Waals surface area (Å²) in [6, 6.07) is 3.62. The van der Waals surface area contributed by atoms with E-state index in [9.17, 15) is 0 Å². The van der Waals surface area contributed by atoms with Crippen molar-refractivity contribution >= 4 is 15.9 Å². The van der Waals surface area contributed by atoms with Crippen molar-refractivity contribution in [2.75, 3.05) is 19.6 Å². The van der Waals surface area contributed by atoms with Crippen molar-refractivity contribution in [1.82, 2.24) is 15.0 Å². The third kappa shape index (κ3) is 2.79. The summed E-state index contributed by atoms with van der Waals surface area (Å²) in [5, 5.41) is 3.98. The number of piperidine rings is 1. The number of likely N-dealkylation sites (tertiary alicyclic amines) is 1. The average Bonchev–Trinajstić information content (AvgIpc) is 3.09. The number of halogens is 1. The zero-order valence-electron chi connectivity index (χ0n) is 10.9. The van der Waals surface area contributed by atoms with Crippen LogP contribution in [0, 0.1) is 12.3 Å². The van der Waals surface area contributed by atoms with Crippen LogP contribution >= 0.6 is 15.9 Å². The Morgan fingerprint density at radius 3 is 2.85 bits per heavy atom. The van der Waals surface area contributed by atoms with Crippen molar-refractivity contribution in [3.63, 3.8) is 0 Å². The van der Waals surface area contributed by atoms with Gasteiger partial charge in [-0.2, -0.15) is 4.98 Å². The van der Waals surface area contributed by atoms with Crippen LogP contribution in [0.25, 0.3) is 11.6 Å². The maximum atomic E-state index is 5.42. The molecule has 20 heavy (non-hydrogen) atoms. The second-order valence-corrected chi connectivity index (χ2v) is 5.60. The molecule has 3 rings (SSSR count). The van der Waals surface area contributed by atoms with Crippen LogP contribution in [0.2, 0.25) is 0 Å². The molecule has 0 atom stereocenters. The van der Waals surface area contributed by atoms with E-state index in [0.717, 1.165) is 25.9 Å². The number of aromatic nitrogens is 2. The molecular weight excluding hydrogens is 322 g/mol. The minimum absolute atomic E-state index is 0.309. The fourth-order valence-corrected chi connectivity index (χ4v) is 2.71. The SMILES string of the molecule is C#CCN1CCC(c2nc(-c3ccc(Br)o3)no2)CC1. The Labute approximate surface area is 125 Å². The van der Waals surface area contributed by atoms with Crippen molar-refractivity contribution in [1.29, 1.82) is 0 Å². The van der Waals surface area contributed by atoms with Crippen LogP contribution < -0.4 is 0 Å². The summed E-state index contributed by atoms with van der Waals surface area (Å²) in [5.74, 6) is 4.78. The van der Waals surface area contributed by atoms with E-state index in [4.69, 9.17) is 15.4 Å². The highest BCUT2D eigenvalue weighted by Gasteiger charge is 2.25. The Morgan fingerprint density at radius 1 is 1.40 bits per heavy atom. The van der Waals surface area contributed by atoms with Crippen LogP contribution in [-0.2, 0) is 0 Å². The fraction of sp³-hybridized carbons (Fsp3) is 0.429. The highest BCUT2D eigenvalue weighted by Crippen LogP contribution is 2.29. The van der Waals surface area contributed by atoms with Gasteiger partial charge in [-0.25, -0.2) is 0 Å². The molecule has 2 aromatic rings. The van der Waals surface area contributed by atoms with Crippen molar-refractivity contribution in [2.45, 2.75) is 18.8 Å². The summed E-state index contributed by atoms with van der Waals surface area (Å²) < 4.78 is 11.4. The molecule has 1 fully saturated rings. The molecule has 1 aliphatic rings. The van der Waals surface area contributed by atoms with Crippen molar-refractivity contribution in [2.24, 2.45) is 0 Å². The summed E-state index contributed by atoms with van der Waals surface area (Å²) in [4.78, 5) is 6.70. The van der Waals surface area contributed by atoms with Gasteiger partial charge in [-0.05, 0) is 54.0 Å². The average molecular weight is 336 g/mol. The highest BCUT2D eigenvalue weighted by atomic mass is 79.9. The molecule has 0 bridgehead atoms. The molecule has 0 saturated carbocycles. The molecule has 3 heterocycles. The van der Waals surface area contributed by atoms with Gasteiger partial charge in [0.05, 0.1) is 6.54 Å². The molecule has 0 N–H and O–H groups in total. The molecule has 5 nitrogen and oxygen atoms in total. The fourth-order valence-electron chi connectivity index (χ4n) is 2.40.